The van der Waals surface area contributed by atoms with Crippen LogP contribution in [0.3, 0.4) is 0 Å². The highest BCUT2D eigenvalue weighted by Gasteiger charge is 2.04. The second-order valence-corrected chi connectivity index (χ2v) is 2.25. The number of nitrogen functional groups attached to an aromatic ring is 1. The van der Waals surface area contributed by atoms with Crippen molar-refractivity contribution < 1.29 is 4.39 Å². The van der Waals surface area contributed by atoms with Gasteiger partial charge in [-0.05, 0) is 17.3 Å². The average molecular weight is 152 g/mol. The number of rotatable bonds is 1. The Kier molecular flexibility index (Phi) is 1.89. The van der Waals surface area contributed by atoms with Crippen LogP contribution in [0, 0.1) is 10.7 Å². The SMILES string of the molecule is Bc1cc(F)cc(N)c1N=O. The Balaban J connectivity index is 3.36. The maximum Gasteiger partial charge on any atom is 0.142 e. The van der Waals surface area contributed by atoms with E-state index in [-0.39, 0.29) is 11.4 Å². The number of halogens is 1. The fraction of sp³-hybridized carbons (Fsp3) is 0. The Hall–Kier alpha value is -1.39. The first kappa shape index (κ1) is 7.72. The molecule has 0 saturated carbocycles. The summed E-state index contributed by atoms with van der Waals surface area (Å²) in [5.74, 6) is -0.451. The molecule has 1 aromatic rings. The van der Waals surface area contributed by atoms with Crippen LogP contribution in [-0.2, 0) is 0 Å². The molecule has 0 amide bonds. The van der Waals surface area contributed by atoms with E-state index in [1.165, 1.54) is 6.07 Å². The van der Waals surface area contributed by atoms with Gasteiger partial charge in [0.15, 0.2) is 0 Å². The molecule has 0 aliphatic carbocycles. The zero-order valence-corrected chi connectivity index (χ0v) is 5.97. The fourth-order valence-electron chi connectivity index (χ4n) is 0.886. The zero-order chi connectivity index (χ0) is 8.43. The molecule has 2 N–H and O–H groups in total. The fourth-order valence-corrected chi connectivity index (χ4v) is 0.886. The summed E-state index contributed by atoms with van der Waals surface area (Å²) in [5.41, 5.74) is 5.95. The topological polar surface area (TPSA) is 55.4 Å². The van der Waals surface area contributed by atoms with Crippen LogP contribution in [-0.4, -0.2) is 7.85 Å². The molecule has 0 spiro atoms. The molecule has 56 valence electrons. The molecule has 0 unspecified atom stereocenters. The summed E-state index contributed by atoms with van der Waals surface area (Å²) in [6.45, 7) is 0. The van der Waals surface area contributed by atoms with Gasteiger partial charge in [0.05, 0.1) is 5.69 Å². The number of hydrogen-bond donors (Lipinski definition) is 1. The van der Waals surface area contributed by atoms with E-state index in [0.29, 0.717) is 5.46 Å². The number of hydrogen-bond acceptors (Lipinski definition) is 3. The van der Waals surface area contributed by atoms with Crippen molar-refractivity contribution in [2.75, 3.05) is 5.73 Å². The van der Waals surface area contributed by atoms with Crippen molar-refractivity contribution in [1.29, 1.82) is 0 Å². The first-order valence-corrected chi connectivity index (χ1v) is 3.04. The number of nitroso groups, excluding NO2 is 1. The van der Waals surface area contributed by atoms with Gasteiger partial charge in [-0.1, -0.05) is 5.46 Å². The van der Waals surface area contributed by atoms with Crippen LogP contribution in [0.2, 0.25) is 0 Å². The lowest BCUT2D eigenvalue weighted by Gasteiger charge is -2.00. The molecule has 0 bridgehead atoms. The summed E-state index contributed by atoms with van der Waals surface area (Å²) >= 11 is 0. The van der Waals surface area contributed by atoms with E-state index in [1.807, 2.05) is 0 Å². The second kappa shape index (κ2) is 2.69. The van der Waals surface area contributed by atoms with Crippen molar-refractivity contribution in [3.05, 3.63) is 22.9 Å². The standard InChI is InChI=1S/C6H6BFN2O/c7-4-1-3(8)2-5(9)6(4)10-11/h1-2H,7,9H2. The molecule has 0 saturated heterocycles. The van der Waals surface area contributed by atoms with Crippen molar-refractivity contribution in [2.45, 2.75) is 0 Å². The molecule has 11 heavy (non-hydrogen) atoms. The number of nitrogens with two attached hydrogens (primary N) is 1. The molecule has 0 aromatic heterocycles. The van der Waals surface area contributed by atoms with E-state index in [0.717, 1.165) is 6.07 Å². The van der Waals surface area contributed by atoms with Crippen molar-refractivity contribution in [2.24, 2.45) is 5.18 Å². The Morgan fingerprint density at radius 3 is 2.64 bits per heavy atom. The molecule has 1 aromatic carbocycles. The summed E-state index contributed by atoms with van der Waals surface area (Å²) in [6, 6.07) is 2.29. The molecule has 3 nitrogen and oxygen atoms in total. The van der Waals surface area contributed by atoms with Crippen LogP contribution in [0.15, 0.2) is 17.3 Å². The minimum Gasteiger partial charge on any atom is -0.397 e. The highest BCUT2D eigenvalue weighted by atomic mass is 19.1. The van der Waals surface area contributed by atoms with Gasteiger partial charge in [-0.25, -0.2) is 4.39 Å². The van der Waals surface area contributed by atoms with Crippen molar-refractivity contribution in [3.8, 4) is 0 Å². The van der Waals surface area contributed by atoms with Crippen LogP contribution in [0.4, 0.5) is 15.8 Å². The first-order valence-electron chi connectivity index (χ1n) is 3.04. The summed E-state index contributed by atoms with van der Waals surface area (Å²) < 4.78 is 12.5. The maximum atomic E-state index is 12.5. The molecule has 0 atom stereocenters. The van der Waals surface area contributed by atoms with E-state index in [2.05, 4.69) is 5.18 Å². The molecular formula is C6H6BFN2O. The molecule has 0 radical (unpaired) electrons. The minimum absolute atomic E-state index is 0.0810. The second-order valence-electron chi connectivity index (χ2n) is 2.25. The highest BCUT2D eigenvalue weighted by Crippen LogP contribution is 2.18. The molecule has 0 aliphatic heterocycles. The molecule has 1 rings (SSSR count). The predicted octanol–water partition coefficient (Wildman–Crippen LogP) is 0.0642. The summed E-state index contributed by atoms with van der Waals surface area (Å²) in [4.78, 5) is 10.1. The van der Waals surface area contributed by atoms with Gasteiger partial charge in [-0.3, -0.25) is 0 Å². The van der Waals surface area contributed by atoms with Gasteiger partial charge in [-0.2, -0.15) is 0 Å². The Morgan fingerprint density at radius 1 is 1.55 bits per heavy atom. The number of anilines is 1. The molecule has 0 heterocycles. The highest BCUT2D eigenvalue weighted by molar-refractivity contribution is 6.36. The lowest BCUT2D eigenvalue weighted by molar-refractivity contribution is 0.629. The van der Waals surface area contributed by atoms with Gasteiger partial charge in [0, 0.05) is 0 Å². The van der Waals surface area contributed by atoms with Gasteiger partial charge >= 0.3 is 0 Å². The van der Waals surface area contributed by atoms with E-state index in [4.69, 9.17) is 5.73 Å². The quantitative estimate of drug-likeness (QED) is 0.351. The molecular weight excluding hydrogens is 146 g/mol. The lowest BCUT2D eigenvalue weighted by Crippen LogP contribution is -2.06. The van der Waals surface area contributed by atoms with Gasteiger partial charge in [0.1, 0.15) is 19.4 Å². The summed E-state index contributed by atoms with van der Waals surface area (Å²) in [7, 11) is 1.58. The maximum absolute atomic E-state index is 12.5. The summed E-state index contributed by atoms with van der Waals surface area (Å²) in [6.07, 6.45) is 0. The Bertz CT molecular complexity index is 280. The minimum atomic E-state index is -0.451. The normalized spacial score (nSPS) is 9.55. The number of nitrogens with zero attached hydrogens (tertiary/aromatic N) is 1. The van der Waals surface area contributed by atoms with E-state index in [9.17, 15) is 9.30 Å². The third kappa shape index (κ3) is 1.37. The summed E-state index contributed by atoms with van der Waals surface area (Å²) in [5, 5.41) is 2.67. The van der Waals surface area contributed by atoms with Gasteiger partial charge < -0.3 is 5.73 Å². The van der Waals surface area contributed by atoms with Crippen molar-refractivity contribution in [3.63, 3.8) is 0 Å². The Labute approximate surface area is 63.8 Å². The van der Waals surface area contributed by atoms with E-state index in [1.54, 1.807) is 7.85 Å². The van der Waals surface area contributed by atoms with E-state index >= 15 is 0 Å². The largest absolute Gasteiger partial charge is 0.397 e. The third-order valence-electron chi connectivity index (χ3n) is 1.39. The first-order chi connectivity index (χ1) is 5.15. The average Bonchev–Trinajstić information content (AvgIpc) is 1.85. The van der Waals surface area contributed by atoms with Gasteiger partial charge in [0.25, 0.3) is 0 Å². The van der Waals surface area contributed by atoms with Crippen LogP contribution in [0.5, 0.6) is 0 Å². The molecule has 5 heteroatoms. The van der Waals surface area contributed by atoms with Crippen molar-refractivity contribution >= 4 is 24.7 Å². The van der Waals surface area contributed by atoms with Crippen LogP contribution < -0.4 is 11.2 Å². The van der Waals surface area contributed by atoms with Crippen LogP contribution >= 0.6 is 0 Å². The molecule has 0 aliphatic rings. The number of benzene rings is 1. The molecule has 0 fully saturated rings. The van der Waals surface area contributed by atoms with E-state index < -0.39 is 5.82 Å². The Morgan fingerprint density at radius 2 is 2.18 bits per heavy atom. The van der Waals surface area contributed by atoms with Crippen LogP contribution in [0.25, 0.3) is 0 Å². The smallest absolute Gasteiger partial charge is 0.142 e. The lowest BCUT2D eigenvalue weighted by atomic mass is 9.93. The van der Waals surface area contributed by atoms with Gasteiger partial charge in [0.2, 0.25) is 0 Å². The predicted molar refractivity (Wildman–Crippen MR) is 44.4 cm³/mol. The van der Waals surface area contributed by atoms with Crippen LogP contribution in [0.1, 0.15) is 0 Å². The zero-order valence-electron chi connectivity index (χ0n) is 5.97. The van der Waals surface area contributed by atoms with Crippen molar-refractivity contribution in [1.82, 2.24) is 0 Å². The van der Waals surface area contributed by atoms with Gasteiger partial charge in [-0.15, -0.1) is 4.91 Å². The monoisotopic (exact) mass is 152 g/mol. The third-order valence-corrected chi connectivity index (χ3v) is 1.39.